The van der Waals surface area contributed by atoms with Gasteiger partial charge < -0.3 is 5.32 Å². The summed E-state index contributed by atoms with van der Waals surface area (Å²) in [6, 6.07) is 0.428. The maximum atomic E-state index is 5.62. The lowest BCUT2D eigenvalue weighted by Gasteiger charge is -2.34. The fourth-order valence-electron chi connectivity index (χ4n) is 3.19. The molecule has 4 heteroatoms. The SMILES string of the molecule is CC(C)(C)CC(C)(C)NC(=NC1CCCCC1)NN. The zero-order chi connectivity index (χ0) is 14.5. The van der Waals surface area contributed by atoms with Crippen LogP contribution in [0.3, 0.4) is 0 Å². The first-order valence-electron chi connectivity index (χ1n) is 7.54. The van der Waals surface area contributed by atoms with Gasteiger partial charge in [-0.25, -0.2) is 10.8 Å². The molecular weight excluding hydrogens is 236 g/mol. The van der Waals surface area contributed by atoms with Crippen molar-refractivity contribution in [3.63, 3.8) is 0 Å². The van der Waals surface area contributed by atoms with Crippen molar-refractivity contribution in [1.82, 2.24) is 10.7 Å². The predicted molar refractivity (Wildman–Crippen MR) is 82.9 cm³/mol. The Bertz CT molecular complexity index is 296. The molecule has 1 fully saturated rings. The number of guanidine groups is 1. The molecule has 0 bridgehead atoms. The lowest BCUT2D eigenvalue weighted by atomic mass is 9.82. The molecule has 0 heterocycles. The molecule has 0 radical (unpaired) electrons. The average Bonchev–Trinajstić information content (AvgIpc) is 2.25. The van der Waals surface area contributed by atoms with Crippen LogP contribution in [0.15, 0.2) is 4.99 Å². The van der Waals surface area contributed by atoms with Gasteiger partial charge in [-0.2, -0.15) is 0 Å². The number of hydrogen-bond donors (Lipinski definition) is 3. The van der Waals surface area contributed by atoms with Crippen molar-refractivity contribution in [3.8, 4) is 0 Å². The second-order valence-corrected chi connectivity index (χ2v) is 7.66. The maximum absolute atomic E-state index is 5.62. The molecule has 1 aliphatic carbocycles. The van der Waals surface area contributed by atoms with Crippen LogP contribution in [-0.4, -0.2) is 17.5 Å². The van der Waals surface area contributed by atoms with Gasteiger partial charge in [-0.15, -0.1) is 0 Å². The topological polar surface area (TPSA) is 62.4 Å². The number of hydrazine groups is 1. The maximum Gasteiger partial charge on any atom is 0.206 e. The van der Waals surface area contributed by atoms with Gasteiger partial charge in [0.05, 0.1) is 6.04 Å². The van der Waals surface area contributed by atoms with Crippen LogP contribution in [-0.2, 0) is 0 Å². The molecule has 0 amide bonds. The van der Waals surface area contributed by atoms with Crippen molar-refractivity contribution in [3.05, 3.63) is 0 Å². The second-order valence-electron chi connectivity index (χ2n) is 7.66. The molecule has 4 nitrogen and oxygen atoms in total. The van der Waals surface area contributed by atoms with E-state index in [1.165, 1.54) is 32.1 Å². The first-order valence-corrected chi connectivity index (χ1v) is 7.54. The van der Waals surface area contributed by atoms with Crippen LogP contribution >= 0.6 is 0 Å². The lowest BCUT2D eigenvalue weighted by Crippen LogP contribution is -2.53. The van der Waals surface area contributed by atoms with E-state index in [4.69, 9.17) is 10.8 Å². The molecule has 0 aromatic heterocycles. The third kappa shape index (κ3) is 6.81. The van der Waals surface area contributed by atoms with E-state index in [-0.39, 0.29) is 11.0 Å². The minimum Gasteiger partial charge on any atom is -0.350 e. The lowest BCUT2D eigenvalue weighted by molar-refractivity contribution is 0.265. The molecule has 0 spiro atoms. The fraction of sp³-hybridized carbons (Fsp3) is 0.933. The first kappa shape index (κ1) is 16.3. The molecule has 19 heavy (non-hydrogen) atoms. The molecule has 1 rings (SSSR count). The fourth-order valence-corrected chi connectivity index (χ4v) is 3.19. The standard InChI is InChI=1S/C15H32N4/c1-14(2,3)11-15(4,5)18-13(19-16)17-12-9-7-6-8-10-12/h12H,6-11,16H2,1-5H3,(H2,17,18,19). The van der Waals surface area contributed by atoms with Gasteiger partial charge in [-0.05, 0) is 38.5 Å². The Labute approximate surface area is 118 Å². The smallest absolute Gasteiger partial charge is 0.206 e. The summed E-state index contributed by atoms with van der Waals surface area (Å²) >= 11 is 0. The molecule has 0 aromatic carbocycles. The zero-order valence-corrected chi connectivity index (χ0v) is 13.3. The van der Waals surface area contributed by atoms with Crippen LogP contribution in [0.2, 0.25) is 0 Å². The van der Waals surface area contributed by atoms with Gasteiger partial charge in [0.25, 0.3) is 0 Å². The Morgan fingerprint density at radius 3 is 2.16 bits per heavy atom. The molecule has 4 N–H and O–H groups in total. The van der Waals surface area contributed by atoms with Gasteiger partial charge in [-0.3, -0.25) is 5.43 Å². The third-order valence-corrected chi connectivity index (χ3v) is 3.45. The summed E-state index contributed by atoms with van der Waals surface area (Å²) < 4.78 is 0. The van der Waals surface area contributed by atoms with Gasteiger partial charge in [0.1, 0.15) is 0 Å². The normalized spacial score (nSPS) is 19.4. The average molecular weight is 268 g/mol. The van der Waals surface area contributed by atoms with Crippen molar-refractivity contribution in [2.75, 3.05) is 0 Å². The highest BCUT2D eigenvalue weighted by atomic mass is 15.3. The first-order chi connectivity index (χ1) is 8.72. The number of rotatable bonds is 3. The minimum atomic E-state index is -0.0158. The summed E-state index contributed by atoms with van der Waals surface area (Å²) in [5, 5.41) is 3.46. The van der Waals surface area contributed by atoms with Crippen LogP contribution in [0.4, 0.5) is 0 Å². The molecule has 1 aliphatic rings. The monoisotopic (exact) mass is 268 g/mol. The molecular formula is C15H32N4. The summed E-state index contributed by atoms with van der Waals surface area (Å²) in [5.41, 5.74) is 2.99. The highest BCUT2D eigenvalue weighted by molar-refractivity contribution is 5.80. The van der Waals surface area contributed by atoms with Gasteiger partial charge in [0, 0.05) is 5.54 Å². The highest BCUT2D eigenvalue weighted by Crippen LogP contribution is 2.27. The number of nitrogens with two attached hydrogens (primary N) is 1. The van der Waals surface area contributed by atoms with Gasteiger partial charge in [0.2, 0.25) is 5.96 Å². The third-order valence-electron chi connectivity index (χ3n) is 3.45. The number of aliphatic imine (C=N–C) groups is 1. The van der Waals surface area contributed by atoms with E-state index in [1.807, 2.05) is 0 Å². The number of nitrogens with zero attached hydrogens (tertiary/aromatic N) is 1. The van der Waals surface area contributed by atoms with Crippen LogP contribution in [0, 0.1) is 5.41 Å². The number of hydrogen-bond acceptors (Lipinski definition) is 2. The Kier molecular flexibility index (Phi) is 5.65. The van der Waals surface area contributed by atoms with Crippen molar-refractivity contribution in [2.45, 2.75) is 84.7 Å². The van der Waals surface area contributed by atoms with Gasteiger partial charge >= 0.3 is 0 Å². The Hall–Kier alpha value is -0.770. The highest BCUT2D eigenvalue weighted by Gasteiger charge is 2.26. The van der Waals surface area contributed by atoms with Crippen molar-refractivity contribution < 1.29 is 0 Å². The van der Waals surface area contributed by atoms with Gasteiger partial charge in [0.15, 0.2) is 0 Å². The van der Waals surface area contributed by atoms with E-state index in [9.17, 15) is 0 Å². The van der Waals surface area contributed by atoms with Crippen molar-refractivity contribution >= 4 is 5.96 Å². The molecule has 0 atom stereocenters. The molecule has 0 aromatic rings. The van der Waals surface area contributed by atoms with Gasteiger partial charge in [-0.1, -0.05) is 40.0 Å². The van der Waals surface area contributed by atoms with E-state index in [0.29, 0.717) is 6.04 Å². The van der Waals surface area contributed by atoms with Crippen LogP contribution in [0.1, 0.15) is 73.1 Å². The summed E-state index contributed by atoms with van der Waals surface area (Å²) in [5.74, 6) is 6.35. The largest absolute Gasteiger partial charge is 0.350 e. The van der Waals surface area contributed by atoms with E-state index >= 15 is 0 Å². The zero-order valence-electron chi connectivity index (χ0n) is 13.3. The summed E-state index contributed by atoms with van der Waals surface area (Å²) in [6.45, 7) is 11.2. The van der Waals surface area contributed by atoms with Crippen LogP contribution in [0.25, 0.3) is 0 Å². The Morgan fingerprint density at radius 1 is 1.11 bits per heavy atom. The summed E-state index contributed by atoms with van der Waals surface area (Å²) in [6.07, 6.45) is 7.36. The summed E-state index contributed by atoms with van der Waals surface area (Å²) in [4.78, 5) is 4.74. The second kappa shape index (κ2) is 6.60. The van der Waals surface area contributed by atoms with E-state index in [0.717, 1.165) is 12.4 Å². The molecule has 0 saturated heterocycles. The molecule has 112 valence electrons. The quantitative estimate of drug-likeness (QED) is 0.319. The van der Waals surface area contributed by atoms with E-state index in [2.05, 4.69) is 45.4 Å². The molecule has 0 aliphatic heterocycles. The van der Waals surface area contributed by atoms with E-state index in [1.54, 1.807) is 0 Å². The van der Waals surface area contributed by atoms with Crippen molar-refractivity contribution in [1.29, 1.82) is 0 Å². The Morgan fingerprint density at radius 2 is 1.68 bits per heavy atom. The summed E-state index contributed by atoms with van der Waals surface area (Å²) in [7, 11) is 0. The number of nitrogens with one attached hydrogen (secondary N) is 2. The molecule has 1 saturated carbocycles. The Balaban J connectivity index is 2.61. The van der Waals surface area contributed by atoms with E-state index < -0.39 is 0 Å². The molecule has 0 unspecified atom stereocenters. The van der Waals surface area contributed by atoms with Crippen molar-refractivity contribution in [2.24, 2.45) is 16.3 Å². The van der Waals surface area contributed by atoms with Crippen LogP contribution in [0.5, 0.6) is 0 Å². The van der Waals surface area contributed by atoms with Crippen LogP contribution < -0.4 is 16.6 Å². The predicted octanol–water partition coefficient (Wildman–Crippen LogP) is 2.94. The minimum absolute atomic E-state index is 0.0158.